The van der Waals surface area contributed by atoms with Crippen molar-refractivity contribution in [2.45, 2.75) is 12.8 Å². The van der Waals surface area contributed by atoms with E-state index in [1.165, 1.54) is 16.4 Å². The van der Waals surface area contributed by atoms with E-state index >= 15 is 0 Å². The summed E-state index contributed by atoms with van der Waals surface area (Å²) < 4.78 is 37.1. The first kappa shape index (κ1) is 16.2. The Labute approximate surface area is 128 Å². The van der Waals surface area contributed by atoms with Crippen molar-refractivity contribution in [3.05, 3.63) is 29.0 Å². The molecule has 0 radical (unpaired) electrons. The van der Waals surface area contributed by atoms with Crippen molar-refractivity contribution in [1.29, 1.82) is 0 Å². The summed E-state index contributed by atoms with van der Waals surface area (Å²) in [7, 11) is -3.21. The van der Waals surface area contributed by atoms with E-state index in [2.05, 4.69) is 5.32 Å². The van der Waals surface area contributed by atoms with Crippen LogP contribution in [0.3, 0.4) is 0 Å². The SMILES string of the molecule is CS(=O)(=O)N1CCC(C(=O)Nc2ccc(F)cc2Cl)CC1. The standard InChI is InChI=1S/C13H16ClFN2O3S/c1-21(19,20)17-6-4-9(5-7-17)13(18)16-12-3-2-10(15)8-11(12)14/h2-3,8-9H,4-7H2,1H3,(H,16,18). The average molecular weight is 335 g/mol. The fourth-order valence-electron chi connectivity index (χ4n) is 2.28. The molecule has 0 bridgehead atoms. The molecule has 116 valence electrons. The number of hydrogen-bond donors (Lipinski definition) is 1. The van der Waals surface area contributed by atoms with Crippen LogP contribution in [0.4, 0.5) is 10.1 Å². The minimum atomic E-state index is -3.21. The number of hydrogen-bond acceptors (Lipinski definition) is 3. The zero-order valence-corrected chi connectivity index (χ0v) is 13.0. The van der Waals surface area contributed by atoms with Crippen LogP contribution in [-0.2, 0) is 14.8 Å². The fraction of sp³-hybridized carbons (Fsp3) is 0.462. The van der Waals surface area contributed by atoms with E-state index in [0.717, 1.165) is 12.3 Å². The maximum atomic E-state index is 12.9. The van der Waals surface area contributed by atoms with Gasteiger partial charge in [0.2, 0.25) is 15.9 Å². The van der Waals surface area contributed by atoms with Gasteiger partial charge in [-0.25, -0.2) is 17.1 Å². The number of carbonyl (C=O) groups excluding carboxylic acids is 1. The number of rotatable bonds is 3. The van der Waals surface area contributed by atoms with E-state index < -0.39 is 15.8 Å². The second-order valence-corrected chi connectivity index (χ2v) is 7.44. The van der Waals surface area contributed by atoms with Crippen LogP contribution in [0.2, 0.25) is 5.02 Å². The Morgan fingerprint density at radius 3 is 2.52 bits per heavy atom. The van der Waals surface area contributed by atoms with Crippen LogP contribution in [-0.4, -0.2) is 38.0 Å². The molecule has 0 spiro atoms. The Morgan fingerprint density at radius 2 is 2.00 bits per heavy atom. The number of amides is 1. The Morgan fingerprint density at radius 1 is 1.38 bits per heavy atom. The highest BCUT2D eigenvalue weighted by atomic mass is 35.5. The number of benzene rings is 1. The monoisotopic (exact) mass is 334 g/mol. The molecule has 21 heavy (non-hydrogen) atoms. The molecule has 1 saturated heterocycles. The molecule has 1 amide bonds. The van der Waals surface area contributed by atoms with Gasteiger partial charge < -0.3 is 5.32 Å². The highest BCUT2D eigenvalue weighted by Crippen LogP contribution is 2.25. The lowest BCUT2D eigenvalue weighted by Crippen LogP contribution is -2.40. The predicted molar refractivity (Wildman–Crippen MR) is 79.2 cm³/mol. The first-order chi connectivity index (χ1) is 9.77. The van der Waals surface area contributed by atoms with Gasteiger partial charge in [0, 0.05) is 19.0 Å². The van der Waals surface area contributed by atoms with Gasteiger partial charge >= 0.3 is 0 Å². The fourth-order valence-corrected chi connectivity index (χ4v) is 3.36. The van der Waals surface area contributed by atoms with E-state index in [-0.39, 0.29) is 16.8 Å². The number of anilines is 1. The van der Waals surface area contributed by atoms with Gasteiger partial charge in [-0.05, 0) is 31.0 Å². The first-order valence-electron chi connectivity index (χ1n) is 6.48. The van der Waals surface area contributed by atoms with Crippen LogP contribution >= 0.6 is 11.6 Å². The van der Waals surface area contributed by atoms with Crippen molar-refractivity contribution in [2.24, 2.45) is 5.92 Å². The lowest BCUT2D eigenvalue weighted by atomic mass is 9.97. The van der Waals surface area contributed by atoms with Crippen molar-refractivity contribution in [2.75, 3.05) is 24.7 Å². The second-order valence-electron chi connectivity index (χ2n) is 5.05. The predicted octanol–water partition coefficient (Wildman–Crippen LogP) is 2.09. The van der Waals surface area contributed by atoms with Crippen LogP contribution in [0.25, 0.3) is 0 Å². The summed E-state index contributed by atoms with van der Waals surface area (Å²) in [4.78, 5) is 12.1. The minimum absolute atomic E-state index is 0.136. The molecule has 1 heterocycles. The van der Waals surface area contributed by atoms with Gasteiger partial charge in [-0.3, -0.25) is 4.79 Å². The van der Waals surface area contributed by atoms with Gasteiger partial charge in [0.15, 0.2) is 0 Å². The van der Waals surface area contributed by atoms with E-state index in [1.807, 2.05) is 0 Å². The Balaban J connectivity index is 1.96. The molecule has 0 aliphatic carbocycles. The van der Waals surface area contributed by atoms with E-state index in [1.54, 1.807) is 0 Å². The largest absolute Gasteiger partial charge is 0.325 e. The number of piperidine rings is 1. The number of carbonyl (C=O) groups is 1. The smallest absolute Gasteiger partial charge is 0.227 e. The van der Waals surface area contributed by atoms with Gasteiger partial charge in [0.1, 0.15) is 5.82 Å². The molecule has 0 aromatic heterocycles. The van der Waals surface area contributed by atoms with Gasteiger partial charge in [0.25, 0.3) is 0 Å². The normalized spacial score (nSPS) is 17.7. The molecule has 2 rings (SSSR count). The van der Waals surface area contributed by atoms with Crippen LogP contribution in [0.15, 0.2) is 18.2 Å². The summed E-state index contributed by atoms with van der Waals surface area (Å²) in [5, 5.41) is 2.79. The Hall–Kier alpha value is -1.18. The van der Waals surface area contributed by atoms with Gasteiger partial charge in [-0.1, -0.05) is 11.6 Å². The molecule has 1 aliphatic heterocycles. The summed E-state index contributed by atoms with van der Waals surface area (Å²) >= 11 is 5.85. The minimum Gasteiger partial charge on any atom is -0.325 e. The highest BCUT2D eigenvalue weighted by molar-refractivity contribution is 7.88. The topological polar surface area (TPSA) is 66.5 Å². The van der Waals surface area contributed by atoms with E-state index in [0.29, 0.717) is 31.6 Å². The van der Waals surface area contributed by atoms with Crippen molar-refractivity contribution < 1.29 is 17.6 Å². The maximum Gasteiger partial charge on any atom is 0.227 e. The number of nitrogens with zero attached hydrogens (tertiary/aromatic N) is 1. The quantitative estimate of drug-likeness (QED) is 0.920. The molecule has 0 unspecified atom stereocenters. The third kappa shape index (κ3) is 4.15. The second kappa shape index (κ2) is 6.29. The number of sulfonamides is 1. The molecule has 1 aromatic rings. The summed E-state index contributed by atoms with van der Waals surface area (Å²) in [5.41, 5.74) is 0.355. The number of nitrogens with one attached hydrogen (secondary N) is 1. The summed E-state index contributed by atoms with van der Waals surface area (Å²) in [6.07, 6.45) is 2.07. The maximum absolute atomic E-state index is 12.9. The third-order valence-corrected chi connectivity index (χ3v) is 5.10. The van der Waals surface area contributed by atoms with Crippen molar-refractivity contribution in [3.8, 4) is 0 Å². The third-order valence-electron chi connectivity index (χ3n) is 3.48. The zero-order chi connectivity index (χ0) is 15.6. The van der Waals surface area contributed by atoms with Gasteiger partial charge in [-0.15, -0.1) is 0 Å². The van der Waals surface area contributed by atoms with Crippen LogP contribution < -0.4 is 5.32 Å². The highest BCUT2D eigenvalue weighted by Gasteiger charge is 2.29. The van der Waals surface area contributed by atoms with Crippen LogP contribution in [0, 0.1) is 11.7 Å². The molecule has 1 fully saturated rings. The summed E-state index contributed by atoms with van der Waals surface area (Å²) in [6, 6.07) is 3.75. The van der Waals surface area contributed by atoms with Crippen LogP contribution in [0.1, 0.15) is 12.8 Å². The molecule has 1 aromatic carbocycles. The molecular formula is C13H16ClFN2O3S. The first-order valence-corrected chi connectivity index (χ1v) is 8.71. The van der Waals surface area contributed by atoms with E-state index in [4.69, 9.17) is 11.6 Å². The number of halogens is 2. The Kier molecular flexibility index (Phi) is 4.85. The molecule has 1 N–H and O–H groups in total. The van der Waals surface area contributed by atoms with Crippen molar-refractivity contribution in [1.82, 2.24) is 4.31 Å². The van der Waals surface area contributed by atoms with Gasteiger partial charge in [-0.2, -0.15) is 0 Å². The van der Waals surface area contributed by atoms with Crippen LogP contribution in [0.5, 0.6) is 0 Å². The van der Waals surface area contributed by atoms with Crippen molar-refractivity contribution >= 4 is 33.2 Å². The molecule has 1 aliphatic rings. The van der Waals surface area contributed by atoms with E-state index in [9.17, 15) is 17.6 Å². The zero-order valence-electron chi connectivity index (χ0n) is 11.5. The van der Waals surface area contributed by atoms with Crippen molar-refractivity contribution in [3.63, 3.8) is 0 Å². The molecular weight excluding hydrogens is 319 g/mol. The molecule has 0 atom stereocenters. The van der Waals surface area contributed by atoms with Gasteiger partial charge in [0.05, 0.1) is 17.0 Å². The molecule has 5 nitrogen and oxygen atoms in total. The lowest BCUT2D eigenvalue weighted by molar-refractivity contribution is -0.120. The molecule has 8 heteroatoms. The summed E-state index contributed by atoms with van der Waals surface area (Å²) in [5.74, 6) is -0.972. The molecule has 0 saturated carbocycles. The Bertz CT molecular complexity index is 643. The lowest BCUT2D eigenvalue weighted by Gasteiger charge is -2.29. The average Bonchev–Trinajstić information content (AvgIpc) is 2.41. The summed E-state index contributed by atoms with van der Waals surface area (Å²) in [6.45, 7) is 0.655.